The highest BCUT2D eigenvalue weighted by Crippen LogP contribution is 2.31. The van der Waals surface area contributed by atoms with Crippen LogP contribution >= 0.6 is 0 Å². The van der Waals surface area contributed by atoms with Gasteiger partial charge in [-0.05, 0) is 6.42 Å². The Morgan fingerprint density at radius 1 is 1.22 bits per heavy atom. The normalized spacial score (nSPS) is 22.3. The molecule has 0 aromatic heterocycles. The Bertz CT molecular complexity index is 854. The maximum absolute atomic E-state index is 14.6. The van der Waals surface area contributed by atoms with E-state index in [1.54, 1.807) is 0 Å². The van der Waals surface area contributed by atoms with Crippen LogP contribution in [-0.4, -0.2) is 64.7 Å². The first kappa shape index (κ1) is 19.3. The van der Waals surface area contributed by atoms with Crippen LogP contribution in [0.5, 0.6) is 0 Å². The van der Waals surface area contributed by atoms with Gasteiger partial charge in [-0.2, -0.15) is 0 Å². The van der Waals surface area contributed by atoms with Gasteiger partial charge in [-0.15, -0.1) is 0 Å². The molecule has 3 rings (SSSR count). The number of anilines is 2. The van der Waals surface area contributed by atoms with Gasteiger partial charge in [0.1, 0.15) is 5.69 Å². The largest absolute Gasteiger partial charge is 0.434 e. The zero-order valence-electron chi connectivity index (χ0n) is 14.6. The summed E-state index contributed by atoms with van der Waals surface area (Å²) in [5.74, 6) is -2.55. The summed E-state index contributed by atoms with van der Waals surface area (Å²) in [6.45, 7) is 0.0234. The highest BCUT2D eigenvalue weighted by atomic mass is 32.2. The Morgan fingerprint density at radius 2 is 1.89 bits per heavy atom. The summed E-state index contributed by atoms with van der Waals surface area (Å²) < 4.78 is 57.5. The van der Waals surface area contributed by atoms with Gasteiger partial charge in [-0.1, -0.05) is 0 Å². The number of rotatable bonds is 3. The third-order valence-electron chi connectivity index (χ3n) is 4.54. The number of nitrogens with zero attached hydrogens (tertiary/aromatic N) is 2. The smallest absolute Gasteiger partial charge is 0.415 e. The van der Waals surface area contributed by atoms with Crippen molar-refractivity contribution in [1.29, 1.82) is 0 Å². The predicted octanol–water partition coefficient (Wildman–Crippen LogP) is 0.661. The molecule has 0 saturated carbocycles. The minimum atomic E-state index is -3.23. The van der Waals surface area contributed by atoms with E-state index in [4.69, 9.17) is 4.74 Å². The minimum Gasteiger partial charge on any atom is -0.434 e. The van der Waals surface area contributed by atoms with E-state index >= 15 is 0 Å². The topological polar surface area (TPSA) is 96.0 Å². The number of halogens is 2. The van der Waals surface area contributed by atoms with Gasteiger partial charge in [-0.3, -0.25) is 9.69 Å². The Kier molecular flexibility index (Phi) is 5.22. The summed E-state index contributed by atoms with van der Waals surface area (Å²) in [4.78, 5) is 25.9. The number of benzene rings is 1. The van der Waals surface area contributed by atoms with Gasteiger partial charge in [0.05, 0.1) is 23.7 Å². The number of hydrogen-bond acceptors (Lipinski definition) is 6. The summed E-state index contributed by atoms with van der Waals surface area (Å²) in [6.07, 6.45) is -1.67. The van der Waals surface area contributed by atoms with Crippen LogP contribution in [0.4, 0.5) is 25.0 Å². The molecule has 2 aliphatic rings. The lowest BCUT2D eigenvalue weighted by atomic mass is 10.2. The van der Waals surface area contributed by atoms with Gasteiger partial charge in [0, 0.05) is 32.3 Å². The molecule has 11 heteroatoms. The molecule has 0 spiro atoms. The number of cyclic esters (lactones) is 1. The van der Waals surface area contributed by atoms with Crippen LogP contribution in [-0.2, 0) is 19.4 Å². The highest BCUT2D eigenvalue weighted by molar-refractivity contribution is 7.91. The summed E-state index contributed by atoms with van der Waals surface area (Å²) >= 11 is 0. The van der Waals surface area contributed by atoms with Gasteiger partial charge in [0.15, 0.2) is 27.6 Å². The van der Waals surface area contributed by atoms with Crippen LogP contribution in [0.1, 0.15) is 6.42 Å². The highest BCUT2D eigenvalue weighted by Gasteiger charge is 2.37. The number of sulfone groups is 1. The zero-order valence-corrected chi connectivity index (χ0v) is 15.4. The first-order valence-electron chi connectivity index (χ1n) is 8.36. The average molecular weight is 403 g/mol. The van der Waals surface area contributed by atoms with Gasteiger partial charge < -0.3 is 15.0 Å². The molecule has 0 aliphatic carbocycles. The molecule has 2 amide bonds. The Hall–Kier alpha value is -2.43. The lowest BCUT2D eigenvalue weighted by molar-refractivity contribution is -0.127. The molecule has 2 fully saturated rings. The second-order valence-electron chi connectivity index (χ2n) is 6.35. The summed E-state index contributed by atoms with van der Waals surface area (Å²) in [7, 11) is -1.84. The lowest BCUT2D eigenvalue weighted by Crippen LogP contribution is -2.35. The number of ether oxygens (including phenoxy) is 1. The molecule has 1 aromatic rings. The molecule has 1 N–H and O–H groups in total. The minimum absolute atomic E-state index is 0.0139. The molecule has 2 heterocycles. The molecule has 148 valence electrons. The van der Waals surface area contributed by atoms with Crippen molar-refractivity contribution in [3.63, 3.8) is 0 Å². The van der Waals surface area contributed by atoms with Crippen LogP contribution in [0.3, 0.4) is 0 Å². The van der Waals surface area contributed by atoms with Crippen molar-refractivity contribution >= 4 is 33.2 Å². The van der Waals surface area contributed by atoms with Crippen molar-refractivity contribution in [2.75, 3.05) is 48.0 Å². The number of hydrogen-bond donors (Lipinski definition) is 1. The van der Waals surface area contributed by atoms with E-state index in [0.717, 1.165) is 17.0 Å². The number of carbonyl (C=O) groups excluding carboxylic acids is 2. The number of likely N-dealkylation sites (N-methyl/N-ethyl adjacent to an activating group) is 1. The molecule has 0 unspecified atom stereocenters. The molecule has 2 saturated heterocycles. The fourth-order valence-corrected chi connectivity index (χ4v) is 4.41. The van der Waals surface area contributed by atoms with Crippen LogP contribution < -0.4 is 15.1 Å². The number of amides is 2. The fourth-order valence-electron chi connectivity index (χ4n) is 3.14. The Morgan fingerprint density at radius 3 is 2.52 bits per heavy atom. The summed E-state index contributed by atoms with van der Waals surface area (Å²) in [6, 6.07) is 1.95. The van der Waals surface area contributed by atoms with E-state index in [0.29, 0.717) is 0 Å². The Labute approximate surface area is 155 Å². The molecule has 0 bridgehead atoms. The maximum atomic E-state index is 14.6. The van der Waals surface area contributed by atoms with Crippen molar-refractivity contribution < 1.29 is 31.5 Å². The van der Waals surface area contributed by atoms with Crippen LogP contribution in [0.2, 0.25) is 0 Å². The molecular weight excluding hydrogens is 384 g/mol. The molecular formula is C16H19F2N3O5S. The SMILES string of the molecule is CNC(=O)[C@H]1CN(c2cc(F)c(N3CCCS(=O)(=O)CC3)c(F)c2)C(=O)O1. The third-order valence-corrected chi connectivity index (χ3v) is 6.25. The number of nitrogens with one attached hydrogen (secondary N) is 1. The first-order valence-corrected chi connectivity index (χ1v) is 10.2. The van der Waals surface area contributed by atoms with Crippen LogP contribution in [0.15, 0.2) is 12.1 Å². The van der Waals surface area contributed by atoms with Crippen molar-refractivity contribution in [2.24, 2.45) is 0 Å². The predicted molar refractivity (Wildman–Crippen MR) is 93.5 cm³/mol. The van der Waals surface area contributed by atoms with Crippen LogP contribution in [0.25, 0.3) is 0 Å². The standard InChI is InChI=1S/C16H19F2N3O5S/c1-19-15(22)13-9-21(16(23)26-13)10-7-11(17)14(12(18)8-10)20-3-2-5-27(24,25)6-4-20/h7-8,13H,2-6,9H2,1H3,(H,19,22)/t13-/m1/s1. The first-order chi connectivity index (χ1) is 12.7. The van der Waals surface area contributed by atoms with Gasteiger partial charge >= 0.3 is 6.09 Å². The monoisotopic (exact) mass is 403 g/mol. The summed E-state index contributed by atoms with van der Waals surface area (Å²) in [5.41, 5.74) is -0.404. The van der Waals surface area contributed by atoms with E-state index in [1.807, 2.05) is 0 Å². The second-order valence-corrected chi connectivity index (χ2v) is 8.65. The molecule has 2 aliphatic heterocycles. The molecule has 0 radical (unpaired) electrons. The molecule has 27 heavy (non-hydrogen) atoms. The zero-order chi connectivity index (χ0) is 19.8. The van der Waals surface area contributed by atoms with E-state index in [-0.39, 0.29) is 48.9 Å². The van der Waals surface area contributed by atoms with Gasteiger partial charge in [0.25, 0.3) is 5.91 Å². The van der Waals surface area contributed by atoms with Gasteiger partial charge in [-0.25, -0.2) is 22.0 Å². The lowest BCUT2D eigenvalue weighted by Gasteiger charge is -2.24. The van der Waals surface area contributed by atoms with E-state index in [2.05, 4.69) is 5.32 Å². The van der Waals surface area contributed by atoms with Crippen molar-refractivity contribution in [2.45, 2.75) is 12.5 Å². The maximum Gasteiger partial charge on any atom is 0.415 e. The van der Waals surface area contributed by atoms with Crippen molar-refractivity contribution in [3.05, 3.63) is 23.8 Å². The average Bonchev–Trinajstić information content (AvgIpc) is 2.90. The molecule has 1 aromatic carbocycles. The molecule has 1 atom stereocenters. The Balaban J connectivity index is 1.85. The van der Waals surface area contributed by atoms with E-state index < -0.39 is 39.6 Å². The quantitative estimate of drug-likeness (QED) is 0.797. The van der Waals surface area contributed by atoms with Crippen molar-refractivity contribution in [3.8, 4) is 0 Å². The molecule has 8 nitrogen and oxygen atoms in total. The van der Waals surface area contributed by atoms with Crippen molar-refractivity contribution in [1.82, 2.24) is 5.32 Å². The van der Waals surface area contributed by atoms with Gasteiger partial charge in [0.2, 0.25) is 0 Å². The third kappa shape index (κ3) is 3.97. The fraction of sp³-hybridized carbons (Fsp3) is 0.500. The second kappa shape index (κ2) is 7.29. The van der Waals surface area contributed by atoms with E-state index in [9.17, 15) is 26.8 Å². The van der Waals surface area contributed by atoms with Crippen LogP contribution in [0, 0.1) is 11.6 Å². The summed E-state index contributed by atoms with van der Waals surface area (Å²) in [5, 5.41) is 2.34. The van der Waals surface area contributed by atoms with E-state index in [1.165, 1.54) is 11.9 Å². The number of carbonyl (C=O) groups is 2.